The topological polar surface area (TPSA) is 92.5 Å². The number of aryl methyl sites for hydroxylation is 2. The van der Waals surface area contributed by atoms with Crippen molar-refractivity contribution in [1.29, 1.82) is 0 Å². The van der Waals surface area contributed by atoms with Crippen molar-refractivity contribution in [2.75, 3.05) is 6.54 Å². The molecule has 1 fully saturated rings. The van der Waals surface area contributed by atoms with E-state index in [1.54, 1.807) is 20.8 Å². The van der Waals surface area contributed by atoms with Crippen LogP contribution < -0.4 is 5.56 Å². The number of hydrogen-bond donors (Lipinski definition) is 1. The quantitative estimate of drug-likeness (QED) is 0.848. The number of hydrogen-bond acceptors (Lipinski definition) is 4. The van der Waals surface area contributed by atoms with Crippen molar-refractivity contribution in [1.82, 2.24) is 14.7 Å². The highest BCUT2D eigenvalue weighted by atomic mass is 16.4. The Bertz CT molecular complexity index is 665. The van der Waals surface area contributed by atoms with E-state index >= 15 is 0 Å². The Hall–Kier alpha value is -2.18. The Morgan fingerprint density at radius 2 is 1.95 bits per heavy atom. The molecule has 2 heterocycles. The predicted octanol–water partition coefficient (Wildman–Crippen LogP) is 0.332. The molecule has 0 aromatic carbocycles. The molecule has 1 aromatic heterocycles. The van der Waals surface area contributed by atoms with E-state index < -0.39 is 23.5 Å². The van der Waals surface area contributed by atoms with E-state index in [4.69, 9.17) is 0 Å². The van der Waals surface area contributed by atoms with Gasteiger partial charge in [-0.25, -0.2) is 9.48 Å². The molecule has 1 N–H and O–H groups in total. The molecular weight excluding hydrogens is 274 g/mol. The lowest BCUT2D eigenvalue weighted by Gasteiger charge is -2.24. The third-order valence-corrected chi connectivity index (χ3v) is 4.15. The van der Waals surface area contributed by atoms with Gasteiger partial charge in [-0.3, -0.25) is 9.59 Å². The lowest BCUT2D eigenvalue weighted by atomic mass is 10.0. The third kappa shape index (κ3) is 2.43. The summed E-state index contributed by atoms with van der Waals surface area (Å²) >= 11 is 0. The summed E-state index contributed by atoms with van der Waals surface area (Å²) < 4.78 is 1.12. The fourth-order valence-electron chi connectivity index (χ4n) is 2.80. The fraction of sp³-hybridized carbons (Fsp3) is 0.571. The lowest BCUT2D eigenvalue weighted by molar-refractivity contribution is -0.142. The molecular formula is C14H19N3O4. The van der Waals surface area contributed by atoms with Gasteiger partial charge in [0.1, 0.15) is 11.6 Å². The van der Waals surface area contributed by atoms with Gasteiger partial charge in [0.2, 0.25) is 0 Å². The van der Waals surface area contributed by atoms with Crippen molar-refractivity contribution < 1.29 is 14.7 Å². The van der Waals surface area contributed by atoms with Crippen LogP contribution in [0.3, 0.4) is 0 Å². The number of carboxylic acid groups (broad SMARTS) is 1. The van der Waals surface area contributed by atoms with Crippen LogP contribution in [0.25, 0.3) is 0 Å². The molecule has 0 saturated carbocycles. The molecule has 0 aliphatic carbocycles. The average molecular weight is 293 g/mol. The normalized spacial score (nSPS) is 21.6. The molecule has 2 atom stereocenters. The smallest absolute Gasteiger partial charge is 0.326 e. The minimum atomic E-state index is -1.03. The first-order valence-electron chi connectivity index (χ1n) is 6.84. The number of carbonyl (C=O) groups excluding carboxylic acids is 1. The van der Waals surface area contributed by atoms with Gasteiger partial charge in [-0.1, -0.05) is 6.92 Å². The second kappa shape index (κ2) is 5.31. The Balaban J connectivity index is 2.51. The molecule has 1 aliphatic heterocycles. The van der Waals surface area contributed by atoms with E-state index in [0.29, 0.717) is 24.2 Å². The Kier molecular flexibility index (Phi) is 3.85. The first kappa shape index (κ1) is 15.2. The minimum absolute atomic E-state index is 0.0188. The number of aromatic nitrogens is 2. The summed E-state index contributed by atoms with van der Waals surface area (Å²) in [5, 5.41) is 13.3. The Labute approximate surface area is 122 Å². The summed E-state index contributed by atoms with van der Waals surface area (Å²) in [5.41, 5.74) is 0.614. The number of carbonyl (C=O) groups is 2. The number of aliphatic carboxylic acids is 1. The molecule has 7 nitrogen and oxygen atoms in total. The molecule has 21 heavy (non-hydrogen) atoms. The van der Waals surface area contributed by atoms with Gasteiger partial charge >= 0.3 is 5.97 Å². The highest BCUT2D eigenvalue weighted by Gasteiger charge is 2.41. The van der Waals surface area contributed by atoms with E-state index in [-0.39, 0.29) is 11.5 Å². The molecule has 114 valence electrons. The number of carboxylic acids is 1. The largest absolute Gasteiger partial charge is 0.480 e. The van der Waals surface area contributed by atoms with Crippen LogP contribution in [0.4, 0.5) is 0 Å². The third-order valence-electron chi connectivity index (χ3n) is 4.15. The second-order valence-corrected chi connectivity index (χ2v) is 5.56. The van der Waals surface area contributed by atoms with Crippen molar-refractivity contribution in [3.8, 4) is 0 Å². The van der Waals surface area contributed by atoms with Crippen LogP contribution in [0.1, 0.15) is 35.0 Å². The van der Waals surface area contributed by atoms with Crippen molar-refractivity contribution in [2.24, 2.45) is 13.0 Å². The summed E-state index contributed by atoms with van der Waals surface area (Å²) in [4.78, 5) is 37.5. The van der Waals surface area contributed by atoms with Crippen LogP contribution >= 0.6 is 0 Å². The number of nitrogens with zero attached hydrogens (tertiary/aromatic N) is 3. The van der Waals surface area contributed by atoms with Crippen LogP contribution in [0.15, 0.2) is 4.79 Å². The standard InChI is InChI=1S/C14H19N3O4/c1-7-5-6-17(11(7)14(20)21)13(19)10-8(2)9(3)15-16(4)12(10)18/h7,11H,5-6H2,1-4H3,(H,20,21). The van der Waals surface area contributed by atoms with E-state index in [1.807, 2.05) is 0 Å². The van der Waals surface area contributed by atoms with Gasteiger partial charge in [-0.15, -0.1) is 0 Å². The van der Waals surface area contributed by atoms with Gasteiger partial charge in [0.25, 0.3) is 11.5 Å². The molecule has 1 aromatic rings. The maximum Gasteiger partial charge on any atom is 0.326 e. The molecule has 0 radical (unpaired) electrons. The van der Waals surface area contributed by atoms with E-state index in [9.17, 15) is 19.5 Å². The maximum absolute atomic E-state index is 12.7. The summed E-state index contributed by atoms with van der Waals surface area (Å²) in [6.07, 6.45) is 0.617. The minimum Gasteiger partial charge on any atom is -0.480 e. The van der Waals surface area contributed by atoms with Crippen LogP contribution in [0, 0.1) is 19.8 Å². The van der Waals surface area contributed by atoms with Crippen LogP contribution in [0.2, 0.25) is 0 Å². The predicted molar refractivity (Wildman–Crippen MR) is 75.2 cm³/mol. The molecule has 1 amide bonds. The second-order valence-electron chi connectivity index (χ2n) is 5.56. The van der Waals surface area contributed by atoms with Gasteiger partial charge in [0.15, 0.2) is 0 Å². The molecule has 0 bridgehead atoms. The molecule has 1 aliphatic rings. The molecule has 2 unspecified atom stereocenters. The summed E-state index contributed by atoms with van der Waals surface area (Å²) in [6, 6.07) is -0.880. The first-order chi connectivity index (χ1) is 9.75. The zero-order valence-corrected chi connectivity index (χ0v) is 12.6. The van der Waals surface area contributed by atoms with Crippen LogP contribution in [0.5, 0.6) is 0 Å². The maximum atomic E-state index is 12.7. The van der Waals surface area contributed by atoms with Crippen molar-refractivity contribution >= 4 is 11.9 Å². The molecule has 2 rings (SSSR count). The number of likely N-dealkylation sites (tertiary alicyclic amines) is 1. The SMILES string of the molecule is Cc1nn(C)c(=O)c(C(=O)N2CCC(C)C2C(=O)O)c1C. The Morgan fingerprint density at radius 1 is 1.33 bits per heavy atom. The monoisotopic (exact) mass is 293 g/mol. The average Bonchev–Trinajstić information content (AvgIpc) is 2.78. The van der Waals surface area contributed by atoms with Crippen LogP contribution in [-0.4, -0.2) is 44.3 Å². The number of amides is 1. The molecule has 1 saturated heterocycles. The molecule has 0 spiro atoms. The summed E-state index contributed by atoms with van der Waals surface area (Å²) in [5.74, 6) is -1.68. The Morgan fingerprint density at radius 3 is 2.52 bits per heavy atom. The summed E-state index contributed by atoms with van der Waals surface area (Å²) in [7, 11) is 1.48. The van der Waals surface area contributed by atoms with E-state index in [1.165, 1.54) is 11.9 Å². The fourth-order valence-corrected chi connectivity index (χ4v) is 2.80. The molecule has 7 heteroatoms. The summed E-state index contributed by atoms with van der Waals surface area (Å²) in [6.45, 7) is 5.52. The van der Waals surface area contributed by atoms with Gasteiger partial charge in [-0.2, -0.15) is 5.10 Å². The lowest BCUT2D eigenvalue weighted by Crippen LogP contribution is -2.45. The van der Waals surface area contributed by atoms with Gasteiger partial charge in [0, 0.05) is 13.6 Å². The zero-order chi connectivity index (χ0) is 15.9. The van der Waals surface area contributed by atoms with Gasteiger partial charge in [0.05, 0.1) is 5.69 Å². The highest BCUT2D eigenvalue weighted by molar-refractivity contribution is 5.98. The number of rotatable bonds is 2. The highest BCUT2D eigenvalue weighted by Crippen LogP contribution is 2.26. The van der Waals surface area contributed by atoms with Crippen molar-refractivity contribution in [3.63, 3.8) is 0 Å². The van der Waals surface area contributed by atoms with Crippen molar-refractivity contribution in [2.45, 2.75) is 33.2 Å². The van der Waals surface area contributed by atoms with Gasteiger partial charge in [-0.05, 0) is 31.7 Å². The first-order valence-corrected chi connectivity index (χ1v) is 6.84. The van der Waals surface area contributed by atoms with Crippen LogP contribution in [-0.2, 0) is 11.8 Å². The van der Waals surface area contributed by atoms with Crippen molar-refractivity contribution in [3.05, 3.63) is 27.2 Å². The zero-order valence-electron chi connectivity index (χ0n) is 12.6. The van der Waals surface area contributed by atoms with E-state index in [2.05, 4.69) is 5.10 Å². The van der Waals surface area contributed by atoms with E-state index in [0.717, 1.165) is 4.68 Å². The van der Waals surface area contributed by atoms with Gasteiger partial charge < -0.3 is 10.0 Å².